The van der Waals surface area contributed by atoms with Gasteiger partial charge in [0, 0.05) is 24.0 Å². The lowest BCUT2D eigenvalue weighted by Crippen LogP contribution is -2.26. The highest BCUT2D eigenvalue weighted by atomic mass is 35.5. The number of unbranched alkanes of at least 4 members (excludes halogenated alkanes) is 4. The molecule has 0 spiro atoms. The van der Waals surface area contributed by atoms with E-state index in [2.05, 4.69) is 16.8 Å². The molecular formula is C18H29ClNO5P. The van der Waals surface area contributed by atoms with E-state index in [0.717, 1.165) is 23.4 Å². The van der Waals surface area contributed by atoms with Crippen molar-refractivity contribution in [2.45, 2.75) is 64.0 Å². The molecule has 0 bridgehead atoms. The summed E-state index contributed by atoms with van der Waals surface area (Å²) in [6.45, 7) is 2.77. The van der Waals surface area contributed by atoms with E-state index >= 15 is 0 Å². The summed E-state index contributed by atoms with van der Waals surface area (Å²) in [7, 11) is -4.43. The molecule has 0 aliphatic carbocycles. The maximum Gasteiger partial charge on any atom is 0.469 e. The molecule has 0 unspecified atom stereocenters. The third-order valence-electron chi connectivity index (χ3n) is 4.50. The minimum atomic E-state index is -4.43. The van der Waals surface area contributed by atoms with E-state index in [9.17, 15) is 4.57 Å². The van der Waals surface area contributed by atoms with Gasteiger partial charge in [-0.15, -0.1) is 0 Å². The van der Waals surface area contributed by atoms with Crippen molar-refractivity contribution in [3.05, 3.63) is 28.8 Å². The van der Waals surface area contributed by atoms with Crippen LogP contribution in [0, 0.1) is 0 Å². The number of aryl methyl sites for hydroxylation is 1. The van der Waals surface area contributed by atoms with E-state index in [4.69, 9.17) is 26.1 Å². The first-order valence-electron chi connectivity index (χ1n) is 9.26. The molecule has 8 heteroatoms. The van der Waals surface area contributed by atoms with Gasteiger partial charge in [0.1, 0.15) is 11.9 Å². The van der Waals surface area contributed by atoms with Gasteiger partial charge >= 0.3 is 7.82 Å². The summed E-state index contributed by atoms with van der Waals surface area (Å²) in [5, 5.41) is 3.87. The summed E-state index contributed by atoms with van der Waals surface area (Å²) in [6.07, 6.45) is 7.72. The van der Waals surface area contributed by atoms with Crippen LogP contribution in [0.25, 0.3) is 0 Å². The Morgan fingerprint density at radius 1 is 1.27 bits per heavy atom. The summed E-state index contributed by atoms with van der Waals surface area (Å²) in [6, 6.07) is 5.68. The average molecular weight is 406 g/mol. The summed E-state index contributed by atoms with van der Waals surface area (Å²) in [4.78, 5) is 17.5. The van der Waals surface area contributed by atoms with Crippen molar-refractivity contribution in [2.75, 3.05) is 13.2 Å². The van der Waals surface area contributed by atoms with Gasteiger partial charge in [-0.05, 0) is 30.5 Å². The van der Waals surface area contributed by atoms with Gasteiger partial charge in [-0.25, -0.2) is 4.57 Å². The molecular weight excluding hydrogens is 377 g/mol. The second-order valence-corrected chi connectivity index (χ2v) is 8.43. The number of benzene rings is 1. The van der Waals surface area contributed by atoms with E-state index in [0.29, 0.717) is 18.7 Å². The smallest absolute Gasteiger partial charge is 0.469 e. The molecule has 1 aromatic carbocycles. The molecule has 1 aromatic rings. The highest BCUT2D eigenvalue weighted by molar-refractivity contribution is 7.46. The van der Waals surface area contributed by atoms with E-state index in [1.54, 1.807) is 0 Å². The normalized spacial score (nSPS) is 20.5. The lowest BCUT2D eigenvalue weighted by Gasteiger charge is -2.15. The fourth-order valence-electron chi connectivity index (χ4n) is 3.10. The van der Waals surface area contributed by atoms with Crippen LogP contribution >= 0.6 is 19.4 Å². The molecule has 1 aliphatic rings. The van der Waals surface area contributed by atoms with Crippen LogP contribution in [-0.2, 0) is 15.5 Å². The summed E-state index contributed by atoms with van der Waals surface area (Å²) >= 11 is 6.38. The zero-order valence-corrected chi connectivity index (χ0v) is 16.8. The molecule has 0 radical (unpaired) electrons. The number of hydrogen-bond donors (Lipinski definition) is 3. The molecule has 6 nitrogen and oxygen atoms in total. The molecule has 1 heterocycles. The van der Waals surface area contributed by atoms with Gasteiger partial charge in [-0.1, -0.05) is 50.3 Å². The minimum Gasteiger partial charge on any atom is -0.489 e. The highest BCUT2D eigenvalue weighted by Gasteiger charge is 2.28. The van der Waals surface area contributed by atoms with Crippen molar-refractivity contribution in [3.8, 4) is 5.75 Å². The number of halogens is 1. The maximum atomic E-state index is 10.8. The Kier molecular flexibility index (Phi) is 8.88. The Labute approximate surface area is 160 Å². The van der Waals surface area contributed by atoms with Crippen LogP contribution in [0.5, 0.6) is 5.75 Å². The SMILES string of the molecule is CCCCCCCc1ccc(O[C@@H]2CN[C@@H](COP(=O)(O)O)C2)cc1Cl. The van der Waals surface area contributed by atoms with E-state index < -0.39 is 7.82 Å². The van der Waals surface area contributed by atoms with Crippen LogP contribution in [0.2, 0.25) is 5.02 Å². The number of nitrogens with one attached hydrogen (secondary N) is 1. The first kappa shape index (κ1) is 21.7. The molecule has 26 heavy (non-hydrogen) atoms. The molecule has 1 aliphatic heterocycles. The molecule has 2 rings (SSSR count). The molecule has 0 aromatic heterocycles. The molecule has 2 atom stereocenters. The Balaban J connectivity index is 1.76. The van der Waals surface area contributed by atoms with Crippen LogP contribution < -0.4 is 10.1 Å². The summed E-state index contributed by atoms with van der Waals surface area (Å²) in [5.74, 6) is 0.716. The van der Waals surface area contributed by atoms with Crippen LogP contribution in [-0.4, -0.2) is 35.1 Å². The average Bonchev–Trinajstić information content (AvgIpc) is 3.01. The van der Waals surface area contributed by atoms with Crippen LogP contribution in [0.15, 0.2) is 18.2 Å². The molecule has 0 saturated carbocycles. The second kappa shape index (κ2) is 10.6. The summed E-state index contributed by atoms with van der Waals surface area (Å²) < 4.78 is 21.2. The highest BCUT2D eigenvalue weighted by Crippen LogP contribution is 2.36. The zero-order chi connectivity index (χ0) is 19.0. The largest absolute Gasteiger partial charge is 0.489 e. The van der Waals surface area contributed by atoms with Gasteiger partial charge in [0.2, 0.25) is 0 Å². The number of ether oxygens (including phenoxy) is 1. The molecule has 148 valence electrons. The van der Waals surface area contributed by atoms with Gasteiger partial charge in [-0.2, -0.15) is 0 Å². The Hall–Kier alpha value is -0.620. The van der Waals surface area contributed by atoms with Crippen molar-refractivity contribution in [1.29, 1.82) is 0 Å². The van der Waals surface area contributed by atoms with E-state index in [1.807, 2.05) is 18.2 Å². The lowest BCUT2D eigenvalue weighted by molar-refractivity contribution is 0.173. The standard InChI is InChI=1S/C18H29ClNO5P/c1-2-3-4-5-6-7-14-8-9-16(11-18(14)19)25-17-10-15(20-12-17)13-24-26(21,22)23/h8-9,11,15,17,20H,2-7,10,12-13H2,1H3,(H2,21,22,23)/t15-,17+/m1/s1. The predicted molar refractivity (Wildman–Crippen MR) is 103 cm³/mol. The fraction of sp³-hybridized carbons (Fsp3) is 0.667. The van der Waals surface area contributed by atoms with Gasteiger partial charge in [-0.3, -0.25) is 4.52 Å². The Morgan fingerprint density at radius 3 is 2.73 bits per heavy atom. The van der Waals surface area contributed by atoms with Gasteiger partial charge in [0.15, 0.2) is 0 Å². The van der Waals surface area contributed by atoms with E-state index in [-0.39, 0.29) is 18.8 Å². The molecule has 0 amide bonds. The van der Waals surface area contributed by atoms with Crippen molar-refractivity contribution in [3.63, 3.8) is 0 Å². The maximum absolute atomic E-state index is 10.8. The van der Waals surface area contributed by atoms with Gasteiger partial charge in [0.25, 0.3) is 0 Å². The minimum absolute atomic E-state index is 0.0398. The number of phosphoric acid groups is 1. The molecule has 1 saturated heterocycles. The van der Waals surface area contributed by atoms with Gasteiger partial charge < -0.3 is 19.8 Å². The zero-order valence-electron chi connectivity index (χ0n) is 15.2. The molecule has 3 N–H and O–H groups in total. The third kappa shape index (κ3) is 7.95. The Bertz CT molecular complexity index is 609. The third-order valence-corrected chi connectivity index (χ3v) is 5.34. The lowest BCUT2D eigenvalue weighted by atomic mass is 10.1. The van der Waals surface area contributed by atoms with Gasteiger partial charge in [0.05, 0.1) is 6.61 Å². The van der Waals surface area contributed by atoms with Crippen molar-refractivity contribution < 1.29 is 23.6 Å². The first-order chi connectivity index (χ1) is 12.4. The first-order valence-corrected chi connectivity index (χ1v) is 11.2. The predicted octanol–water partition coefficient (Wildman–Crippen LogP) is 4.07. The number of rotatable bonds is 11. The van der Waals surface area contributed by atoms with Crippen molar-refractivity contribution in [1.82, 2.24) is 5.32 Å². The molecule has 1 fully saturated rings. The van der Waals surface area contributed by atoms with Crippen LogP contribution in [0.4, 0.5) is 0 Å². The van der Waals surface area contributed by atoms with Crippen molar-refractivity contribution >= 4 is 19.4 Å². The van der Waals surface area contributed by atoms with Crippen LogP contribution in [0.1, 0.15) is 51.0 Å². The Morgan fingerprint density at radius 2 is 2.04 bits per heavy atom. The van der Waals surface area contributed by atoms with Crippen LogP contribution in [0.3, 0.4) is 0 Å². The topological polar surface area (TPSA) is 88.0 Å². The monoisotopic (exact) mass is 405 g/mol. The second-order valence-electron chi connectivity index (χ2n) is 6.78. The number of hydrogen-bond acceptors (Lipinski definition) is 4. The van der Waals surface area contributed by atoms with Crippen molar-refractivity contribution in [2.24, 2.45) is 0 Å². The fourth-order valence-corrected chi connectivity index (χ4v) is 3.74. The van der Waals surface area contributed by atoms with E-state index in [1.165, 1.54) is 25.7 Å². The quantitative estimate of drug-likeness (QED) is 0.380. The number of phosphoric ester groups is 1. The summed E-state index contributed by atoms with van der Waals surface area (Å²) in [5.41, 5.74) is 1.15.